The fraction of sp³-hybridized carbons (Fsp3) is 0.136. The summed E-state index contributed by atoms with van der Waals surface area (Å²) in [5.41, 5.74) is 4.66. The number of pyridine rings is 1. The Hall–Kier alpha value is -3.32. The van der Waals surface area contributed by atoms with Gasteiger partial charge in [-0.05, 0) is 64.4 Å². The number of carbonyl (C=O) groups excluding carboxylic acids is 1. The second kappa shape index (κ2) is 8.79. The molecule has 3 aromatic heterocycles. The van der Waals surface area contributed by atoms with Crippen LogP contribution in [-0.4, -0.2) is 27.2 Å². The van der Waals surface area contributed by atoms with Crippen LogP contribution in [0, 0.1) is 5.82 Å². The van der Waals surface area contributed by atoms with Crippen LogP contribution in [0.2, 0.25) is 0 Å². The van der Waals surface area contributed by atoms with Gasteiger partial charge < -0.3 is 5.32 Å². The highest BCUT2D eigenvalue weighted by atomic mass is 32.1. The third kappa shape index (κ3) is 4.57. The third-order valence-corrected chi connectivity index (χ3v) is 5.27. The summed E-state index contributed by atoms with van der Waals surface area (Å²) in [6.45, 7) is 0.960. The molecule has 0 unspecified atom stereocenters. The summed E-state index contributed by atoms with van der Waals surface area (Å²) in [4.78, 5) is 16.2. The Morgan fingerprint density at radius 3 is 2.59 bits per heavy atom. The van der Waals surface area contributed by atoms with Crippen LogP contribution < -0.4 is 5.32 Å². The van der Waals surface area contributed by atoms with Gasteiger partial charge in [0.25, 0.3) is 0 Å². The van der Waals surface area contributed by atoms with E-state index in [-0.39, 0.29) is 11.7 Å². The summed E-state index contributed by atoms with van der Waals surface area (Å²) in [5.74, 6) is -0.306. The predicted molar refractivity (Wildman–Crippen MR) is 112 cm³/mol. The van der Waals surface area contributed by atoms with E-state index in [2.05, 4.69) is 15.4 Å². The van der Waals surface area contributed by atoms with E-state index < -0.39 is 0 Å². The molecule has 5 nitrogen and oxygen atoms in total. The number of rotatable bonds is 7. The minimum atomic E-state index is -0.286. The molecule has 7 heteroatoms. The van der Waals surface area contributed by atoms with Gasteiger partial charge in [0, 0.05) is 30.1 Å². The molecule has 0 spiro atoms. The number of nitrogens with zero attached hydrogens (tertiary/aromatic N) is 3. The lowest BCUT2D eigenvalue weighted by Gasteiger charge is -2.11. The van der Waals surface area contributed by atoms with Gasteiger partial charge in [-0.2, -0.15) is 16.4 Å². The maximum Gasteiger partial charge on any atom is 0.224 e. The first kappa shape index (κ1) is 19.0. The molecule has 0 bridgehead atoms. The quantitative estimate of drug-likeness (QED) is 0.501. The summed E-state index contributed by atoms with van der Waals surface area (Å²) in [7, 11) is 0. The Balaban J connectivity index is 1.54. The number of benzene rings is 1. The molecule has 4 aromatic rings. The molecule has 0 fully saturated rings. The molecule has 0 atom stereocenters. The zero-order chi connectivity index (χ0) is 20.1. The number of amides is 1. The first-order chi connectivity index (χ1) is 14.2. The highest BCUT2D eigenvalue weighted by molar-refractivity contribution is 7.08. The van der Waals surface area contributed by atoms with Gasteiger partial charge in [-0.25, -0.2) is 4.39 Å². The van der Waals surface area contributed by atoms with Gasteiger partial charge in [0.2, 0.25) is 5.91 Å². The predicted octanol–water partition coefficient (Wildman–Crippen LogP) is 4.17. The molecule has 1 N–H and O–H groups in total. The zero-order valence-electron chi connectivity index (χ0n) is 15.6. The summed E-state index contributed by atoms with van der Waals surface area (Å²) < 4.78 is 15.3. The number of thiophene rings is 1. The van der Waals surface area contributed by atoms with Crippen LogP contribution in [0.1, 0.15) is 5.56 Å². The van der Waals surface area contributed by atoms with Crippen LogP contribution in [0.5, 0.6) is 0 Å². The number of hydrogen-bond acceptors (Lipinski definition) is 4. The largest absolute Gasteiger partial charge is 0.354 e. The Bertz CT molecular complexity index is 1080. The van der Waals surface area contributed by atoms with E-state index in [9.17, 15) is 9.18 Å². The van der Waals surface area contributed by atoms with Gasteiger partial charge in [-0.15, -0.1) is 0 Å². The number of carbonyl (C=O) groups is 1. The van der Waals surface area contributed by atoms with E-state index in [0.29, 0.717) is 19.5 Å². The molecule has 146 valence electrons. The SMILES string of the molecule is O=C(Cc1ccsc1)NCCn1ncc(-c2ccncc2)c1-c1ccc(F)cc1. The molecular formula is C22H19FN4OS. The molecule has 4 rings (SSSR count). The van der Waals surface area contributed by atoms with Crippen molar-refractivity contribution in [3.63, 3.8) is 0 Å². The molecule has 0 aliphatic rings. The van der Waals surface area contributed by atoms with Crippen LogP contribution in [0.3, 0.4) is 0 Å². The van der Waals surface area contributed by atoms with E-state index in [1.165, 1.54) is 12.1 Å². The minimum absolute atomic E-state index is 0.0201. The van der Waals surface area contributed by atoms with Crippen molar-refractivity contribution >= 4 is 17.2 Å². The van der Waals surface area contributed by atoms with E-state index in [1.54, 1.807) is 42.1 Å². The lowest BCUT2D eigenvalue weighted by atomic mass is 10.0. The first-order valence-corrected chi connectivity index (χ1v) is 10.1. The van der Waals surface area contributed by atoms with Crippen LogP contribution in [-0.2, 0) is 17.8 Å². The number of nitrogens with one attached hydrogen (secondary N) is 1. The van der Waals surface area contributed by atoms with Crippen molar-refractivity contribution in [2.24, 2.45) is 0 Å². The Labute approximate surface area is 171 Å². The van der Waals surface area contributed by atoms with E-state index in [4.69, 9.17) is 0 Å². The Morgan fingerprint density at radius 1 is 1.07 bits per heavy atom. The second-order valence-electron chi connectivity index (χ2n) is 6.53. The lowest BCUT2D eigenvalue weighted by molar-refractivity contribution is -0.120. The average molecular weight is 406 g/mol. The number of hydrogen-bond donors (Lipinski definition) is 1. The molecule has 0 aliphatic heterocycles. The van der Waals surface area contributed by atoms with Crippen LogP contribution in [0.15, 0.2) is 71.8 Å². The molecule has 1 amide bonds. The summed E-state index contributed by atoms with van der Waals surface area (Å²) in [6.07, 6.45) is 5.62. The molecule has 0 saturated heterocycles. The monoisotopic (exact) mass is 406 g/mol. The minimum Gasteiger partial charge on any atom is -0.354 e. The fourth-order valence-corrected chi connectivity index (χ4v) is 3.82. The van der Waals surface area contributed by atoms with Gasteiger partial charge in [-0.3, -0.25) is 14.5 Å². The van der Waals surface area contributed by atoms with Crippen LogP contribution in [0.4, 0.5) is 4.39 Å². The van der Waals surface area contributed by atoms with Gasteiger partial charge >= 0.3 is 0 Å². The second-order valence-corrected chi connectivity index (χ2v) is 7.31. The van der Waals surface area contributed by atoms with Crippen molar-refractivity contribution in [2.45, 2.75) is 13.0 Å². The average Bonchev–Trinajstić information content (AvgIpc) is 3.39. The van der Waals surface area contributed by atoms with Crippen molar-refractivity contribution in [1.29, 1.82) is 0 Å². The van der Waals surface area contributed by atoms with Crippen LogP contribution >= 0.6 is 11.3 Å². The molecular weight excluding hydrogens is 387 g/mol. The normalized spacial score (nSPS) is 10.8. The van der Waals surface area contributed by atoms with E-state index in [0.717, 1.165) is 27.9 Å². The topological polar surface area (TPSA) is 59.8 Å². The standard InChI is InChI=1S/C22H19FN4OS/c23-19-3-1-18(2-4-19)22-20(17-5-8-24-9-6-17)14-26-27(22)11-10-25-21(28)13-16-7-12-29-15-16/h1-9,12,14-15H,10-11,13H2,(H,25,28). The molecule has 0 saturated carbocycles. The van der Waals surface area contributed by atoms with E-state index >= 15 is 0 Å². The number of aromatic nitrogens is 3. The van der Waals surface area contributed by atoms with Crippen molar-refractivity contribution in [3.05, 3.63) is 83.2 Å². The summed E-state index contributed by atoms with van der Waals surface area (Å²) >= 11 is 1.58. The van der Waals surface area contributed by atoms with E-state index in [1.807, 2.05) is 33.6 Å². The first-order valence-electron chi connectivity index (χ1n) is 9.20. The van der Waals surface area contributed by atoms with Crippen molar-refractivity contribution in [1.82, 2.24) is 20.1 Å². The molecule has 0 radical (unpaired) electrons. The lowest BCUT2D eigenvalue weighted by Crippen LogP contribution is -2.28. The van der Waals surface area contributed by atoms with Gasteiger partial charge in [0.1, 0.15) is 5.82 Å². The van der Waals surface area contributed by atoms with Crippen molar-refractivity contribution in [3.8, 4) is 22.4 Å². The molecule has 1 aromatic carbocycles. The molecule has 0 aliphatic carbocycles. The highest BCUT2D eigenvalue weighted by Crippen LogP contribution is 2.31. The number of halogens is 1. The summed E-state index contributed by atoms with van der Waals surface area (Å²) in [5, 5.41) is 11.4. The highest BCUT2D eigenvalue weighted by Gasteiger charge is 2.15. The van der Waals surface area contributed by atoms with Gasteiger partial charge in [-0.1, -0.05) is 0 Å². The third-order valence-electron chi connectivity index (χ3n) is 4.54. The van der Waals surface area contributed by atoms with Crippen molar-refractivity contribution < 1.29 is 9.18 Å². The Kier molecular flexibility index (Phi) is 5.76. The maximum atomic E-state index is 13.4. The maximum absolute atomic E-state index is 13.4. The van der Waals surface area contributed by atoms with Crippen LogP contribution in [0.25, 0.3) is 22.4 Å². The fourth-order valence-electron chi connectivity index (χ4n) is 3.15. The van der Waals surface area contributed by atoms with Crippen molar-refractivity contribution in [2.75, 3.05) is 6.54 Å². The van der Waals surface area contributed by atoms with Gasteiger partial charge in [0.15, 0.2) is 0 Å². The summed E-state index contributed by atoms with van der Waals surface area (Å²) in [6, 6.07) is 12.1. The molecule has 3 heterocycles. The zero-order valence-corrected chi connectivity index (χ0v) is 16.4. The Morgan fingerprint density at radius 2 is 1.86 bits per heavy atom. The van der Waals surface area contributed by atoms with Gasteiger partial charge in [0.05, 0.1) is 24.9 Å². The molecule has 29 heavy (non-hydrogen) atoms. The smallest absolute Gasteiger partial charge is 0.224 e.